The van der Waals surface area contributed by atoms with Crippen LogP contribution in [0.4, 0.5) is 0 Å². The van der Waals surface area contributed by atoms with Crippen LogP contribution in [0.2, 0.25) is 0 Å². The highest BCUT2D eigenvalue weighted by molar-refractivity contribution is 7.13. The van der Waals surface area contributed by atoms with Crippen molar-refractivity contribution >= 4 is 22.1 Å². The van der Waals surface area contributed by atoms with Crippen molar-refractivity contribution in [2.24, 2.45) is 0 Å². The first kappa shape index (κ1) is 13.1. The third-order valence-electron chi connectivity index (χ3n) is 3.20. The molecule has 0 saturated heterocycles. The average Bonchev–Trinajstić information content (AvgIpc) is 2.95. The van der Waals surface area contributed by atoms with Gasteiger partial charge in [-0.3, -0.25) is 0 Å². The van der Waals surface area contributed by atoms with E-state index in [0.29, 0.717) is 0 Å². The highest BCUT2D eigenvalue weighted by Gasteiger charge is 2.05. The molecule has 20 heavy (non-hydrogen) atoms. The first-order valence-corrected chi connectivity index (χ1v) is 7.35. The number of ether oxygens (including phenoxy) is 1. The summed E-state index contributed by atoms with van der Waals surface area (Å²) in [4.78, 5) is 4.64. The smallest absolute Gasteiger partial charge is 0.123 e. The molecule has 102 valence electrons. The van der Waals surface area contributed by atoms with Crippen LogP contribution in [0.25, 0.3) is 21.3 Å². The molecule has 3 nitrogen and oxygen atoms in total. The summed E-state index contributed by atoms with van der Waals surface area (Å²) < 4.78 is 5.25. The van der Waals surface area contributed by atoms with Gasteiger partial charge in [0.1, 0.15) is 10.8 Å². The number of hydrogen-bond acceptors (Lipinski definition) is 4. The van der Waals surface area contributed by atoms with Gasteiger partial charge in [-0.25, -0.2) is 4.98 Å². The molecule has 0 atom stereocenters. The first-order chi connectivity index (χ1) is 9.80. The molecule has 1 N–H and O–H groups in total. The lowest BCUT2D eigenvalue weighted by molar-refractivity contribution is 0.415. The molecule has 0 radical (unpaired) electrons. The van der Waals surface area contributed by atoms with Crippen molar-refractivity contribution in [1.29, 1.82) is 0 Å². The van der Waals surface area contributed by atoms with Crippen LogP contribution in [0, 0.1) is 0 Å². The van der Waals surface area contributed by atoms with Crippen LogP contribution in [-0.2, 0) is 6.54 Å². The highest BCUT2D eigenvalue weighted by atomic mass is 32.1. The number of benzene rings is 2. The van der Waals surface area contributed by atoms with Gasteiger partial charge in [0.15, 0.2) is 0 Å². The molecular formula is C16H16N2OS. The molecule has 0 bridgehead atoms. The summed E-state index contributed by atoms with van der Waals surface area (Å²) in [6.07, 6.45) is 0. The maximum Gasteiger partial charge on any atom is 0.123 e. The minimum absolute atomic E-state index is 0.807. The van der Waals surface area contributed by atoms with Crippen LogP contribution in [0.1, 0.15) is 5.69 Å². The van der Waals surface area contributed by atoms with E-state index in [4.69, 9.17) is 4.74 Å². The number of nitrogens with one attached hydrogen (secondary N) is 1. The zero-order valence-corrected chi connectivity index (χ0v) is 12.3. The fourth-order valence-electron chi connectivity index (χ4n) is 2.19. The van der Waals surface area contributed by atoms with Gasteiger partial charge >= 0.3 is 0 Å². The second-order valence-corrected chi connectivity index (χ2v) is 5.46. The number of hydrogen-bond donors (Lipinski definition) is 1. The number of methoxy groups -OCH3 is 1. The van der Waals surface area contributed by atoms with Crippen LogP contribution < -0.4 is 10.1 Å². The number of rotatable bonds is 4. The fourth-order valence-corrected chi connectivity index (χ4v) is 3.00. The Morgan fingerprint density at radius 3 is 2.75 bits per heavy atom. The number of aromatic nitrogens is 1. The quantitative estimate of drug-likeness (QED) is 0.793. The predicted molar refractivity (Wildman–Crippen MR) is 84.4 cm³/mol. The van der Waals surface area contributed by atoms with Crippen molar-refractivity contribution in [2.45, 2.75) is 6.54 Å². The number of thiazole rings is 1. The Hall–Kier alpha value is -1.91. The van der Waals surface area contributed by atoms with Crippen molar-refractivity contribution in [3.05, 3.63) is 47.5 Å². The van der Waals surface area contributed by atoms with Gasteiger partial charge in [-0.05, 0) is 36.0 Å². The van der Waals surface area contributed by atoms with Crippen LogP contribution in [0.5, 0.6) is 5.75 Å². The van der Waals surface area contributed by atoms with E-state index < -0.39 is 0 Å². The zero-order valence-electron chi connectivity index (χ0n) is 11.5. The average molecular weight is 284 g/mol. The summed E-state index contributed by atoms with van der Waals surface area (Å²) >= 11 is 1.68. The minimum Gasteiger partial charge on any atom is -0.497 e. The lowest BCUT2D eigenvalue weighted by Crippen LogP contribution is -2.04. The fraction of sp³-hybridized carbons (Fsp3) is 0.188. The third-order valence-corrected chi connectivity index (χ3v) is 4.14. The molecule has 0 aliphatic rings. The second kappa shape index (κ2) is 5.61. The van der Waals surface area contributed by atoms with E-state index in [2.05, 4.69) is 39.9 Å². The maximum absolute atomic E-state index is 5.25. The molecule has 0 amide bonds. The largest absolute Gasteiger partial charge is 0.497 e. The Kier molecular flexibility index (Phi) is 3.67. The van der Waals surface area contributed by atoms with Crippen molar-refractivity contribution in [3.8, 4) is 16.3 Å². The van der Waals surface area contributed by atoms with Crippen LogP contribution in [0.3, 0.4) is 0 Å². The summed E-state index contributed by atoms with van der Waals surface area (Å²) in [5, 5.41) is 8.67. The topological polar surface area (TPSA) is 34.1 Å². The highest BCUT2D eigenvalue weighted by Crippen LogP contribution is 2.28. The van der Waals surface area contributed by atoms with E-state index >= 15 is 0 Å². The monoisotopic (exact) mass is 284 g/mol. The van der Waals surface area contributed by atoms with Crippen molar-refractivity contribution in [1.82, 2.24) is 10.3 Å². The van der Waals surface area contributed by atoms with Gasteiger partial charge in [0, 0.05) is 17.5 Å². The first-order valence-electron chi connectivity index (χ1n) is 6.47. The molecule has 0 aliphatic carbocycles. The molecule has 1 aromatic heterocycles. The van der Waals surface area contributed by atoms with Gasteiger partial charge < -0.3 is 10.1 Å². The minimum atomic E-state index is 0.807. The maximum atomic E-state index is 5.25. The molecule has 2 aromatic carbocycles. The van der Waals surface area contributed by atoms with E-state index in [1.54, 1.807) is 18.4 Å². The lowest BCUT2D eigenvalue weighted by atomic mass is 10.1. The third kappa shape index (κ3) is 2.53. The predicted octanol–water partition coefficient (Wildman–Crippen LogP) is 3.69. The number of nitrogens with zero attached hydrogens (tertiary/aromatic N) is 1. The Labute approximate surface area is 122 Å². The summed E-state index contributed by atoms with van der Waals surface area (Å²) in [6, 6.07) is 12.5. The van der Waals surface area contributed by atoms with Gasteiger partial charge in [0.25, 0.3) is 0 Å². The molecule has 0 aliphatic heterocycles. The number of fused-ring (bicyclic) bond motifs is 1. The van der Waals surface area contributed by atoms with E-state index in [9.17, 15) is 0 Å². The summed E-state index contributed by atoms with van der Waals surface area (Å²) in [6.45, 7) is 0.807. The van der Waals surface area contributed by atoms with Crippen LogP contribution >= 0.6 is 11.3 Å². The van der Waals surface area contributed by atoms with E-state index in [1.165, 1.54) is 10.8 Å². The molecule has 4 heteroatoms. The van der Waals surface area contributed by atoms with Gasteiger partial charge in [-0.2, -0.15) is 0 Å². The molecular weight excluding hydrogens is 268 g/mol. The lowest BCUT2D eigenvalue weighted by Gasteiger charge is -2.04. The van der Waals surface area contributed by atoms with Crippen molar-refractivity contribution in [2.75, 3.05) is 14.2 Å². The second-order valence-electron chi connectivity index (χ2n) is 4.60. The molecule has 0 unspecified atom stereocenters. The van der Waals surface area contributed by atoms with E-state index in [0.717, 1.165) is 28.6 Å². The normalized spacial score (nSPS) is 10.9. The molecule has 1 heterocycles. The van der Waals surface area contributed by atoms with Gasteiger partial charge in [0.05, 0.1) is 12.8 Å². The molecule has 0 saturated carbocycles. The summed E-state index contributed by atoms with van der Waals surface area (Å²) in [5.74, 6) is 0.885. The molecule has 3 aromatic rings. The Morgan fingerprint density at radius 2 is 1.95 bits per heavy atom. The van der Waals surface area contributed by atoms with Crippen LogP contribution in [-0.4, -0.2) is 19.1 Å². The van der Waals surface area contributed by atoms with Gasteiger partial charge in [-0.15, -0.1) is 11.3 Å². The summed E-state index contributed by atoms with van der Waals surface area (Å²) in [7, 11) is 3.62. The molecule has 0 fully saturated rings. The Morgan fingerprint density at radius 1 is 1.15 bits per heavy atom. The molecule has 3 rings (SSSR count). The Balaban J connectivity index is 1.99. The van der Waals surface area contributed by atoms with E-state index in [1.807, 2.05) is 19.2 Å². The SMILES string of the molecule is CNCc1csc(-c2ccc3cc(OC)ccc3c2)n1. The van der Waals surface area contributed by atoms with Gasteiger partial charge in [0.2, 0.25) is 0 Å². The van der Waals surface area contributed by atoms with Gasteiger partial charge in [-0.1, -0.05) is 18.2 Å². The zero-order chi connectivity index (χ0) is 13.9. The van der Waals surface area contributed by atoms with Crippen molar-refractivity contribution in [3.63, 3.8) is 0 Å². The van der Waals surface area contributed by atoms with E-state index in [-0.39, 0.29) is 0 Å². The Bertz CT molecular complexity index is 736. The van der Waals surface area contributed by atoms with Crippen molar-refractivity contribution < 1.29 is 4.74 Å². The molecule has 0 spiro atoms. The van der Waals surface area contributed by atoms with Crippen LogP contribution in [0.15, 0.2) is 41.8 Å². The summed E-state index contributed by atoms with van der Waals surface area (Å²) in [5.41, 5.74) is 2.25. The standard InChI is InChI=1S/C16H16N2OS/c1-17-9-14-10-20-16(18-14)13-4-3-12-8-15(19-2)6-5-11(12)7-13/h3-8,10,17H,9H2,1-2H3.